The molecule has 0 radical (unpaired) electrons. The van der Waals surface area contributed by atoms with Crippen LogP contribution < -0.4 is 0 Å². The van der Waals surface area contributed by atoms with Gasteiger partial charge in [-0.25, -0.2) is 9.97 Å². The van der Waals surface area contributed by atoms with Crippen molar-refractivity contribution < 1.29 is 0 Å². The summed E-state index contributed by atoms with van der Waals surface area (Å²) < 4.78 is 0. The zero-order valence-electron chi connectivity index (χ0n) is 11.4. The zero-order valence-corrected chi connectivity index (χ0v) is 11.4. The number of hydrogen-bond acceptors (Lipinski definition) is 2. The van der Waals surface area contributed by atoms with Crippen LogP contribution in [0.5, 0.6) is 0 Å². The van der Waals surface area contributed by atoms with E-state index in [-0.39, 0.29) is 0 Å². The summed E-state index contributed by atoms with van der Waals surface area (Å²) in [5, 5.41) is 1.16. The van der Waals surface area contributed by atoms with Crippen LogP contribution in [0.2, 0.25) is 0 Å². The maximum Gasteiger partial charge on any atom is 0.116 e. The van der Waals surface area contributed by atoms with Gasteiger partial charge in [0.2, 0.25) is 0 Å². The molecule has 1 heterocycles. The lowest BCUT2D eigenvalue weighted by atomic mass is 9.96. The van der Waals surface area contributed by atoms with Crippen LogP contribution in [0.3, 0.4) is 0 Å². The molecule has 19 heavy (non-hydrogen) atoms. The van der Waals surface area contributed by atoms with E-state index in [4.69, 9.17) is 0 Å². The van der Waals surface area contributed by atoms with Crippen molar-refractivity contribution in [1.82, 2.24) is 9.97 Å². The van der Waals surface area contributed by atoms with Crippen LogP contribution in [-0.2, 0) is 0 Å². The number of rotatable bonds is 1. The van der Waals surface area contributed by atoms with E-state index in [1.165, 1.54) is 16.7 Å². The predicted octanol–water partition coefficient (Wildman–Crippen LogP) is 4.22. The molecule has 0 unspecified atom stereocenters. The fourth-order valence-corrected chi connectivity index (χ4v) is 2.49. The molecule has 0 bridgehead atoms. The molecule has 0 aliphatic heterocycles. The Morgan fingerprint density at radius 3 is 2.32 bits per heavy atom. The lowest BCUT2D eigenvalue weighted by Gasteiger charge is -2.12. The highest BCUT2D eigenvalue weighted by Gasteiger charge is 2.11. The van der Waals surface area contributed by atoms with Crippen molar-refractivity contribution in [3.05, 3.63) is 59.4 Å². The molecule has 0 spiro atoms. The molecule has 2 aromatic carbocycles. The second kappa shape index (κ2) is 4.47. The van der Waals surface area contributed by atoms with E-state index in [2.05, 4.69) is 48.9 Å². The van der Waals surface area contributed by atoms with Crippen molar-refractivity contribution in [3.63, 3.8) is 0 Å². The molecular formula is C17H16N2. The van der Waals surface area contributed by atoms with Crippen molar-refractivity contribution in [2.45, 2.75) is 20.8 Å². The fourth-order valence-electron chi connectivity index (χ4n) is 2.49. The van der Waals surface area contributed by atoms with E-state index in [0.29, 0.717) is 0 Å². The second-order valence-electron chi connectivity index (χ2n) is 4.93. The first kappa shape index (κ1) is 11.8. The van der Waals surface area contributed by atoms with Crippen LogP contribution in [0, 0.1) is 20.8 Å². The first-order chi connectivity index (χ1) is 9.18. The second-order valence-corrected chi connectivity index (χ2v) is 4.93. The number of nitrogens with zero attached hydrogens (tertiary/aromatic N) is 2. The summed E-state index contributed by atoms with van der Waals surface area (Å²) >= 11 is 0. The molecule has 0 atom stereocenters. The molecule has 0 N–H and O–H groups in total. The van der Waals surface area contributed by atoms with Crippen LogP contribution in [0.15, 0.2) is 42.7 Å². The Morgan fingerprint density at radius 1 is 0.842 bits per heavy atom. The topological polar surface area (TPSA) is 25.8 Å². The summed E-state index contributed by atoms with van der Waals surface area (Å²) in [5.41, 5.74) is 7.05. The standard InChI is InChI=1S/C17H16N2/c1-11-9-15-16(13(3)12(11)2)17(19-10-18-15)14-7-5-4-6-8-14/h4-10H,1-3H3. The molecule has 94 valence electrons. The van der Waals surface area contributed by atoms with Gasteiger partial charge in [0.05, 0.1) is 11.2 Å². The summed E-state index contributed by atoms with van der Waals surface area (Å²) in [4.78, 5) is 8.92. The Bertz CT molecular complexity index is 746. The van der Waals surface area contributed by atoms with Crippen molar-refractivity contribution in [2.24, 2.45) is 0 Å². The highest BCUT2D eigenvalue weighted by atomic mass is 14.8. The number of aryl methyl sites for hydroxylation is 2. The third-order valence-corrected chi connectivity index (χ3v) is 3.81. The quantitative estimate of drug-likeness (QED) is 0.644. The molecule has 0 amide bonds. The molecule has 0 aliphatic carbocycles. The molecule has 0 aliphatic rings. The lowest BCUT2D eigenvalue weighted by Crippen LogP contribution is -1.95. The van der Waals surface area contributed by atoms with Gasteiger partial charge in [0.25, 0.3) is 0 Å². The SMILES string of the molecule is Cc1cc2ncnc(-c3ccccc3)c2c(C)c1C. The van der Waals surface area contributed by atoms with Gasteiger partial charge in [-0.3, -0.25) is 0 Å². The Labute approximate surface area is 113 Å². The Kier molecular flexibility index (Phi) is 2.79. The monoisotopic (exact) mass is 248 g/mol. The molecule has 2 heteroatoms. The average molecular weight is 248 g/mol. The minimum atomic E-state index is 1.02. The highest BCUT2D eigenvalue weighted by Crippen LogP contribution is 2.30. The van der Waals surface area contributed by atoms with Gasteiger partial charge in [0.1, 0.15) is 6.33 Å². The van der Waals surface area contributed by atoms with Gasteiger partial charge >= 0.3 is 0 Å². The van der Waals surface area contributed by atoms with Crippen LogP contribution in [0.25, 0.3) is 22.2 Å². The highest BCUT2D eigenvalue weighted by molar-refractivity contribution is 5.95. The molecule has 3 rings (SSSR count). The molecule has 1 aromatic heterocycles. The van der Waals surface area contributed by atoms with Crippen LogP contribution in [0.1, 0.15) is 16.7 Å². The summed E-state index contributed by atoms with van der Waals surface area (Å²) in [6.45, 7) is 6.44. The summed E-state index contributed by atoms with van der Waals surface area (Å²) in [7, 11) is 0. The van der Waals surface area contributed by atoms with Gasteiger partial charge < -0.3 is 0 Å². The van der Waals surface area contributed by atoms with Crippen molar-refractivity contribution in [1.29, 1.82) is 0 Å². The maximum atomic E-state index is 4.50. The van der Waals surface area contributed by atoms with E-state index in [1.807, 2.05) is 18.2 Å². The smallest absolute Gasteiger partial charge is 0.116 e. The van der Waals surface area contributed by atoms with Gasteiger partial charge in [0, 0.05) is 10.9 Å². The van der Waals surface area contributed by atoms with Gasteiger partial charge in [-0.2, -0.15) is 0 Å². The van der Waals surface area contributed by atoms with Gasteiger partial charge in [-0.1, -0.05) is 30.3 Å². The minimum Gasteiger partial charge on any atom is -0.236 e. The Balaban J connectivity index is 2.42. The normalized spacial score (nSPS) is 10.9. The minimum absolute atomic E-state index is 1.02. The number of fused-ring (bicyclic) bond motifs is 1. The van der Waals surface area contributed by atoms with Gasteiger partial charge in [-0.15, -0.1) is 0 Å². The van der Waals surface area contributed by atoms with E-state index >= 15 is 0 Å². The van der Waals surface area contributed by atoms with Gasteiger partial charge in [0.15, 0.2) is 0 Å². The molecule has 0 fully saturated rings. The molecular weight excluding hydrogens is 232 g/mol. The molecule has 0 saturated carbocycles. The van der Waals surface area contributed by atoms with E-state index in [9.17, 15) is 0 Å². The van der Waals surface area contributed by atoms with Crippen molar-refractivity contribution >= 4 is 10.9 Å². The van der Waals surface area contributed by atoms with Crippen LogP contribution in [-0.4, -0.2) is 9.97 Å². The first-order valence-corrected chi connectivity index (χ1v) is 6.45. The third kappa shape index (κ3) is 1.89. The van der Waals surface area contributed by atoms with Crippen molar-refractivity contribution in [3.8, 4) is 11.3 Å². The molecule has 3 aromatic rings. The Morgan fingerprint density at radius 2 is 1.58 bits per heavy atom. The first-order valence-electron chi connectivity index (χ1n) is 6.45. The van der Waals surface area contributed by atoms with Crippen molar-refractivity contribution in [2.75, 3.05) is 0 Å². The predicted molar refractivity (Wildman–Crippen MR) is 79.2 cm³/mol. The van der Waals surface area contributed by atoms with E-state index in [0.717, 1.165) is 22.2 Å². The van der Waals surface area contributed by atoms with E-state index in [1.54, 1.807) is 6.33 Å². The summed E-state index contributed by atoms with van der Waals surface area (Å²) in [6, 6.07) is 12.4. The molecule has 2 nitrogen and oxygen atoms in total. The number of hydrogen-bond donors (Lipinski definition) is 0. The average Bonchev–Trinajstić information content (AvgIpc) is 2.45. The van der Waals surface area contributed by atoms with Crippen LogP contribution in [0.4, 0.5) is 0 Å². The van der Waals surface area contributed by atoms with Crippen LogP contribution >= 0.6 is 0 Å². The lowest BCUT2D eigenvalue weighted by molar-refractivity contribution is 1.20. The zero-order chi connectivity index (χ0) is 13.4. The number of aromatic nitrogens is 2. The molecule has 0 saturated heterocycles. The third-order valence-electron chi connectivity index (χ3n) is 3.81. The Hall–Kier alpha value is -2.22. The summed E-state index contributed by atoms with van der Waals surface area (Å²) in [5.74, 6) is 0. The van der Waals surface area contributed by atoms with E-state index < -0.39 is 0 Å². The largest absolute Gasteiger partial charge is 0.236 e. The summed E-state index contributed by atoms with van der Waals surface area (Å²) in [6.07, 6.45) is 1.65. The fraction of sp³-hybridized carbons (Fsp3) is 0.176. The maximum absolute atomic E-state index is 4.50. The van der Waals surface area contributed by atoms with Gasteiger partial charge in [-0.05, 0) is 43.5 Å². The number of benzene rings is 2.